The lowest BCUT2D eigenvalue weighted by molar-refractivity contribution is -0.945. The van der Waals surface area contributed by atoms with E-state index >= 15 is 0 Å². The summed E-state index contributed by atoms with van der Waals surface area (Å²) in [5, 5.41) is 2.94. The Bertz CT molecular complexity index is 1260. The third-order valence-electron chi connectivity index (χ3n) is 7.78. The first kappa shape index (κ1) is 25.9. The summed E-state index contributed by atoms with van der Waals surface area (Å²) >= 11 is 0. The van der Waals surface area contributed by atoms with Crippen LogP contribution in [0.15, 0.2) is 78.9 Å². The van der Waals surface area contributed by atoms with Gasteiger partial charge in [0, 0.05) is 24.4 Å². The molecule has 198 valence electrons. The van der Waals surface area contributed by atoms with Crippen molar-refractivity contribution in [1.82, 2.24) is 0 Å². The number of ether oxygens (including phenoxy) is 1. The Kier molecular flexibility index (Phi) is 7.69. The first-order valence-corrected chi connectivity index (χ1v) is 13.1. The third-order valence-corrected chi connectivity index (χ3v) is 7.78. The SMILES string of the molecule is O=C(CC[N+]12CCC(CC1)[C@@H](OC(=O)N(Cc1ccc(F)cc1)c1ccccc1F)C2)Nc1ccccc1. The van der Waals surface area contributed by atoms with Gasteiger partial charge >= 0.3 is 6.09 Å². The van der Waals surface area contributed by atoms with Crippen LogP contribution in [0.5, 0.6) is 0 Å². The summed E-state index contributed by atoms with van der Waals surface area (Å²) in [5.74, 6) is -0.707. The lowest BCUT2D eigenvalue weighted by atomic mass is 9.83. The molecule has 3 saturated heterocycles. The number of anilines is 2. The summed E-state index contributed by atoms with van der Waals surface area (Å²) in [4.78, 5) is 27.3. The molecule has 3 aliphatic heterocycles. The highest BCUT2D eigenvalue weighted by Gasteiger charge is 2.48. The summed E-state index contributed by atoms with van der Waals surface area (Å²) in [6, 6.07) is 21.2. The number of carbonyl (C=O) groups excluding carboxylic acids is 2. The van der Waals surface area contributed by atoms with E-state index in [0.29, 0.717) is 25.1 Å². The van der Waals surface area contributed by atoms with Crippen molar-refractivity contribution in [1.29, 1.82) is 0 Å². The highest BCUT2D eigenvalue weighted by atomic mass is 19.1. The first-order chi connectivity index (χ1) is 18.4. The van der Waals surface area contributed by atoms with Gasteiger partial charge in [0.05, 0.1) is 38.3 Å². The Hall–Kier alpha value is -3.78. The van der Waals surface area contributed by atoms with Crippen molar-refractivity contribution in [2.24, 2.45) is 5.92 Å². The number of quaternary nitrogens is 1. The van der Waals surface area contributed by atoms with Crippen LogP contribution in [0.25, 0.3) is 0 Å². The van der Waals surface area contributed by atoms with Crippen LogP contribution in [0.4, 0.5) is 25.0 Å². The Morgan fingerprint density at radius 3 is 2.32 bits per heavy atom. The van der Waals surface area contributed by atoms with E-state index in [1.807, 2.05) is 30.3 Å². The number of rotatable bonds is 8. The second-order valence-corrected chi connectivity index (χ2v) is 10.3. The van der Waals surface area contributed by atoms with Gasteiger partial charge < -0.3 is 14.5 Å². The summed E-state index contributed by atoms with van der Waals surface area (Å²) in [7, 11) is 0. The Morgan fingerprint density at radius 1 is 0.921 bits per heavy atom. The predicted octanol–water partition coefficient (Wildman–Crippen LogP) is 5.75. The fourth-order valence-electron chi connectivity index (χ4n) is 5.64. The number of benzene rings is 3. The van der Waals surface area contributed by atoms with Crippen LogP contribution in [-0.2, 0) is 16.1 Å². The zero-order valence-corrected chi connectivity index (χ0v) is 21.2. The molecule has 0 aromatic heterocycles. The van der Waals surface area contributed by atoms with Crippen LogP contribution in [-0.4, -0.2) is 48.8 Å². The maximum atomic E-state index is 14.7. The molecule has 3 heterocycles. The molecule has 0 unspecified atom stereocenters. The lowest BCUT2D eigenvalue weighted by Crippen LogP contribution is -2.65. The number of hydrogen-bond acceptors (Lipinski definition) is 3. The zero-order valence-electron chi connectivity index (χ0n) is 21.2. The summed E-state index contributed by atoms with van der Waals surface area (Å²) in [5.41, 5.74) is 1.55. The topological polar surface area (TPSA) is 58.6 Å². The van der Waals surface area contributed by atoms with Gasteiger partial charge in [0.2, 0.25) is 5.91 Å². The van der Waals surface area contributed by atoms with Crippen LogP contribution in [0, 0.1) is 17.6 Å². The number of para-hydroxylation sites is 2. The van der Waals surface area contributed by atoms with Gasteiger partial charge in [-0.15, -0.1) is 0 Å². The molecule has 3 aliphatic rings. The van der Waals surface area contributed by atoms with Gasteiger partial charge in [-0.2, -0.15) is 0 Å². The van der Waals surface area contributed by atoms with Gasteiger partial charge in [-0.25, -0.2) is 13.6 Å². The van der Waals surface area contributed by atoms with E-state index in [1.165, 1.54) is 29.2 Å². The number of piperidine rings is 3. The molecular formula is C30H32F2N3O3+. The molecule has 1 N–H and O–H groups in total. The van der Waals surface area contributed by atoms with Gasteiger partial charge in [-0.05, 0) is 42.0 Å². The van der Waals surface area contributed by atoms with E-state index in [0.717, 1.165) is 36.1 Å². The van der Waals surface area contributed by atoms with Crippen molar-refractivity contribution in [3.05, 3.63) is 96.1 Å². The fourth-order valence-corrected chi connectivity index (χ4v) is 5.64. The van der Waals surface area contributed by atoms with Crippen molar-refractivity contribution in [2.45, 2.75) is 31.9 Å². The molecule has 2 amide bonds. The largest absolute Gasteiger partial charge is 0.440 e. The number of halogens is 2. The maximum absolute atomic E-state index is 14.7. The first-order valence-electron chi connectivity index (χ1n) is 13.1. The Labute approximate surface area is 221 Å². The van der Waals surface area contributed by atoms with Crippen molar-refractivity contribution in [2.75, 3.05) is 36.4 Å². The number of amides is 2. The van der Waals surface area contributed by atoms with Crippen LogP contribution >= 0.6 is 0 Å². The molecule has 6 nitrogen and oxygen atoms in total. The minimum atomic E-state index is -0.627. The molecular weight excluding hydrogens is 488 g/mol. The van der Waals surface area contributed by atoms with Crippen LogP contribution in [0.1, 0.15) is 24.8 Å². The Balaban J connectivity index is 1.26. The Morgan fingerprint density at radius 2 is 1.61 bits per heavy atom. The van der Waals surface area contributed by atoms with Gasteiger partial charge in [0.1, 0.15) is 18.2 Å². The van der Waals surface area contributed by atoms with Gasteiger partial charge in [-0.1, -0.05) is 42.5 Å². The number of hydrogen-bond donors (Lipinski definition) is 1. The monoisotopic (exact) mass is 520 g/mol. The average molecular weight is 521 g/mol. The molecule has 3 aromatic carbocycles. The van der Waals surface area contributed by atoms with Crippen molar-refractivity contribution in [3.8, 4) is 0 Å². The predicted molar refractivity (Wildman–Crippen MR) is 141 cm³/mol. The molecule has 3 fully saturated rings. The van der Waals surface area contributed by atoms with E-state index < -0.39 is 11.9 Å². The summed E-state index contributed by atoms with van der Waals surface area (Å²) < 4.78 is 34.9. The third kappa shape index (κ3) is 6.02. The second-order valence-electron chi connectivity index (χ2n) is 10.3. The van der Waals surface area contributed by atoms with Crippen LogP contribution < -0.4 is 10.2 Å². The normalized spacial score (nSPS) is 22.1. The molecule has 0 spiro atoms. The molecule has 3 aromatic rings. The molecule has 0 aliphatic carbocycles. The molecule has 38 heavy (non-hydrogen) atoms. The summed E-state index contributed by atoms with van der Waals surface area (Å²) in [6.07, 6.45) is 1.26. The van der Waals surface area contributed by atoms with Crippen LogP contribution in [0.3, 0.4) is 0 Å². The van der Waals surface area contributed by atoms with E-state index in [-0.39, 0.29) is 36.0 Å². The quantitative estimate of drug-likeness (QED) is 0.385. The van der Waals surface area contributed by atoms with Gasteiger partial charge in [0.15, 0.2) is 6.10 Å². The van der Waals surface area contributed by atoms with Crippen molar-refractivity contribution in [3.63, 3.8) is 0 Å². The highest BCUT2D eigenvalue weighted by molar-refractivity contribution is 5.90. The minimum Gasteiger partial charge on any atom is -0.440 e. The van der Waals surface area contributed by atoms with E-state index in [4.69, 9.17) is 4.74 Å². The number of nitrogens with zero attached hydrogens (tertiary/aromatic N) is 2. The fraction of sp³-hybridized carbons (Fsp3) is 0.333. The average Bonchev–Trinajstić information content (AvgIpc) is 2.93. The minimum absolute atomic E-state index is 0.0324. The molecule has 2 bridgehead atoms. The zero-order chi connectivity index (χ0) is 26.5. The van der Waals surface area contributed by atoms with Crippen molar-refractivity contribution >= 4 is 23.4 Å². The molecule has 0 radical (unpaired) electrons. The molecule has 6 rings (SSSR count). The number of fused-ring (bicyclic) bond motifs is 3. The highest BCUT2D eigenvalue weighted by Crippen LogP contribution is 2.36. The smallest absolute Gasteiger partial charge is 0.415 e. The van der Waals surface area contributed by atoms with E-state index in [2.05, 4.69) is 5.32 Å². The lowest BCUT2D eigenvalue weighted by Gasteiger charge is -2.52. The standard InChI is InChI=1S/C30H31F2N3O3/c31-24-12-10-22(11-13-24)20-34(27-9-5-4-8-26(27)32)30(37)38-28-21-35(17-14-23(28)15-18-35)19-16-29(36)33-25-6-2-1-3-7-25/h1-13,23,28H,14-21H2/p+1/t23?,28-,35?/m0/s1. The van der Waals surface area contributed by atoms with E-state index in [9.17, 15) is 18.4 Å². The van der Waals surface area contributed by atoms with Gasteiger partial charge in [0.25, 0.3) is 0 Å². The molecule has 8 heteroatoms. The van der Waals surface area contributed by atoms with Crippen molar-refractivity contribution < 1.29 is 27.6 Å². The number of carbonyl (C=O) groups is 2. The molecule has 1 atom stereocenters. The summed E-state index contributed by atoms with van der Waals surface area (Å²) in [6.45, 7) is 3.26. The van der Waals surface area contributed by atoms with Gasteiger partial charge in [-0.3, -0.25) is 9.69 Å². The maximum Gasteiger partial charge on any atom is 0.415 e. The van der Waals surface area contributed by atoms with Crippen LogP contribution in [0.2, 0.25) is 0 Å². The van der Waals surface area contributed by atoms with E-state index in [1.54, 1.807) is 24.3 Å². The second kappa shape index (κ2) is 11.3. The number of nitrogens with one attached hydrogen (secondary N) is 1. The molecule has 0 saturated carbocycles.